The first kappa shape index (κ1) is 17.1. The molecule has 0 aliphatic heterocycles. The van der Waals surface area contributed by atoms with E-state index < -0.39 is 5.91 Å². The number of aromatic nitrogens is 2. The second kappa shape index (κ2) is 7.46. The minimum atomic E-state index is -0.445. The summed E-state index contributed by atoms with van der Waals surface area (Å²) in [7, 11) is 0. The van der Waals surface area contributed by atoms with E-state index in [1.807, 2.05) is 0 Å². The van der Waals surface area contributed by atoms with Crippen LogP contribution >= 0.6 is 23.2 Å². The summed E-state index contributed by atoms with van der Waals surface area (Å²) in [6.07, 6.45) is 1.26. The minimum Gasteiger partial charge on any atom is -0.339 e. The molecule has 3 rings (SSSR count). The molecule has 0 aliphatic rings. The molecule has 1 heterocycles. The lowest BCUT2D eigenvalue weighted by molar-refractivity contribution is 0.102. The third-order valence-corrected chi connectivity index (χ3v) is 3.74. The average Bonchev–Trinajstić information content (AvgIpc) is 2.60. The highest BCUT2D eigenvalue weighted by molar-refractivity contribution is 6.36. The van der Waals surface area contributed by atoms with E-state index in [-0.39, 0.29) is 11.5 Å². The van der Waals surface area contributed by atoms with Crippen molar-refractivity contribution in [2.24, 2.45) is 0 Å². The highest BCUT2D eigenvalue weighted by Crippen LogP contribution is 2.27. The number of hydrogen-bond donors (Lipinski definition) is 2. The van der Waals surface area contributed by atoms with Crippen molar-refractivity contribution in [1.29, 1.82) is 0 Å². The van der Waals surface area contributed by atoms with Crippen molar-refractivity contribution in [3.8, 4) is 0 Å². The molecule has 2 aromatic carbocycles. The summed E-state index contributed by atoms with van der Waals surface area (Å²) in [4.78, 5) is 20.2. The maximum Gasteiger partial charge on any atom is 0.274 e. The van der Waals surface area contributed by atoms with Crippen molar-refractivity contribution >= 4 is 46.3 Å². The highest BCUT2D eigenvalue weighted by Gasteiger charge is 2.10. The van der Waals surface area contributed by atoms with Crippen LogP contribution in [-0.4, -0.2) is 15.9 Å². The smallest absolute Gasteiger partial charge is 0.274 e. The van der Waals surface area contributed by atoms with Crippen LogP contribution in [0.3, 0.4) is 0 Å². The Morgan fingerprint density at radius 3 is 2.48 bits per heavy atom. The van der Waals surface area contributed by atoms with E-state index in [9.17, 15) is 9.18 Å². The second-order valence-corrected chi connectivity index (χ2v) is 5.84. The van der Waals surface area contributed by atoms with Gasteiger partial charge in [0.1, 0.15) is 23.7 Å². The van der Waals surface area contributed by atoms with E-state index in [1.54, 1.807) is 18.2 Å². The van der Waals surface area contributed by atoms with E-state index in [0.29, 0.717) is 27.2 Å². The molecular formula is C17H11Cl2FN4O. The van der Waals surface area contributed by atoms with Gasteiger partial charge in [0.15, 0.2) is 0 Å². The molecule has 0 atom stereocenters. The number of amides is 1. The third-order valence-electron chi connectivity index (χ3n) is 3.20. The number of nitrogens with zero attached hydrogens (tertiary/aromatic N) is 2. The number of carbonyl (C=O) groups is 1. The van der Waals surface area contributed by atoms with Gasteiger partial charge < -0.3 is 10.6 Å². The monoisotopic (exact) mass is 376 g/mol. The van der Waals surface area contributed by atoms with Gasteiger partial charge in [-0.25, -0.2) is 14.4 Å². The van der Waals surface area contributed by atoms with Crippen molar-refractivity contribution in [1.82, 2.24) is 9.97 Å². The molecule has 0 fully saturated rings. The number of rotatable bonds is 4. The van der Waals surface area contributed by atoms with Crippen molar-refractivity contribution in [2.45, 2.75) is 0 Å². The summed E-state index contributed by atoms with van der Waals surface area (Å²) in [5, 5.41) is 6.55. The zero-order chi connectivity index (χ0) is 17.8. The maximum absolute atomic E-state index is 12.9. The fraction of sp³-hybridized carbons (Fsp3) is 0. The lowest BCUT2D eigenvalue weighted by atomic mass is 10.3. The van der Waals surface area contributed by atoms with E-state index in [2.05, 4.69) is 20.6 Å². The molecule has 0 radical (unpaired) electrons. The number of anilines is 3. The Morgan fingerprint density at radius 2 is 1.76 bits per heavy atom. The highest BCUT2D eigenvalue weighted by atomic mass is 35.5. The van der Waals surface area contributed by atoms with Gasteiger partial charge in [-0.1, -0.05) is 23.2 Å². The summed E-state index contributed by atoms with van der Waals surface area (Å²) in [6, 6.07) is 11.9. The third kappa shape index (κ3) is 4.43. The maximum atomic E-state index is 12.9. The van der Waals surface area contributed by atoms with Crippen LogP contribution in [0, 0.1) is 5.82 Å². The molecule has 0 spiro atoms. The molecule has 2 N–H and O–H groups in total. The average molecular weight is 377 g/mol. The van der Waals surface area contributed by atoms with E-state index in [4.69, 9.17) is 23.2 Å². The largest absolute Gasteiger partial charge is 0.339 e. The number of nitrogens with one attached hydrogen (secondary N) is 2. The molecular weight excluding hydrogens is 366 g/mol. The summed E-state index contributed by atoms with van der Waals surface area (Å²) >= 11 is 12.0. The molecule has 126 valence electrons. The van der Waals surface area contributed by atoms with Crippen LogP contribution in [0.5, 0.6) is 0 Å². The van der Waals surface area contributed by atoms with Crippen molar-refractivity contribution < 1.29 is 9.18 Å². The Hall–Kier alpha value is -2.70. The zero-order valence-electron chi connectivity index (χ0n) is 12.6. The zero-order valence-corrected chi connectivity index (χ0v) is 14.1. The van der Waals surface area contributed by atoms with Gasteiger partial charge in [0.25, 0.3) is 5.91 Å². The SMILES string of the molecule is O=C(Nc1ccc(F)cc1)c1cc(Nc2ccc(Cl)cc2Cl)ncn1. The number of carbonyl (C=O) groups excluding carboxylic acids is 1. The van der Waals surface area contributed by atoms with Crippen LogP contribution in [0.2, 0.25) is 10.0 Å². The Labute approximate surface area is 152 Å². The number of halogens is 3. The van der Waals surface area contributed by atoms with Gasteiger partial charge in [-0.05, 0) is 42.5 Å². The summed E-state index contributed by atoms with van der Waals surface area (Å²) in [5.41, 5.74) is 1.20. The molecule has 0 aliphatic carbocycles. The first-order chi connectivity index (χ1) is 12.0. The first-order valence-electron chi connectivity index (χ1n) is 7.12. The van der Waals surface area contributed by atoms with Crippen LogP contribution in [-0.2, 0) is 0 Å². The fourth-order valence-corrected chi connectivity index (χ4v) is 2.46. The van der Waals surface area contributed by atoms with Gasteiger partial charge in [0, 0.05) is 16.8 Å². The van der Waals surface area contributed by atoms with Crippen LogP contribution in [0.1, 0.15) is 10.5 Å². The molecule has 25 heavy (non-hydrogen) atoms. The number of benzene rings is 2. The quantitative estimate of drug-likeness (QED) is 0.678. The summed E-state index contributed by atoms with van der Waals surface area (Å²) in [6.45, 7) is 0. The second-order valence-electron chi connectivity index (χ2n) is 5.00. The lowest BCUT2D eigenvalue weighted by Gasteiger charge is -2.09. The molecule has 0 unspecified atom stereocenters. The molecule has 1 amide bonds. The van der Waals surface area contributed by atoms with Crippen molar-refractivity contribution in [2.75, 3.05) is 10.6 Å². The Kier molecular flexibility index (Phi) is 5.11. The Bertz CT molecular complexity index is 919. The van der Waals surface area contributed by atoms with Gasteiger partial charge >= 0.3 is 0 Å². The summed E-state index contributed by atoms with van der Waals surface area (Å²) < 4.78 is 12.9. The molecule has 5 nitrogen and oxygen atoms in total. The van der Waals surface area contributed by atoms with Crippen molar-refractivity contribution in [3.05, 3.63) is 76.4 Å². The molecule has 0 bridgehead atoms. The van der Waals surface area contributed by atoms with Crippen LogP contribution < -0.4 is 10.6 Å². The Morgan fingerprint density at radius 1 is 1.00 bits per heavy atom. The molecule has 3 aromatic rings. The topological polar surface area (TPSA) is 66.9 Å². The lowest BCUT2D eigenvalue weighted by Crippen LogP contribution is -2.14. The van der Waals surface area contributed by atoms with Gasteiger partial charge in [0.2, 0.25) is 0 Å². The van der Waals surface area contributed by atoms with Crippen LogP contribution in [0.15, 0.2) is 54.9 Å². The normalized spacial score (nSPS) is 10.4. The summed E-state index contributed by atoms with van der Waals surface area (Å²) in [5.74, 6) is -0.436. The fourth-order valence-electron chi connectivity index (χ4n) is 2.01. The Balaban J connectivity index is 1.76. The predicted octanol–water partition coefficient (Wildman–Crippen LogP) is 4.92. The van der Waals surface area contributed by atoms with E-state index >= 15 is 0 Å². The molecule has 0 saturated carbocycles. The molecule has 8 heteroatoms. The molecule has 1 aromatic heterocycles. The van der Waals surface area contributed by atoms with E-state index in [1.165, 1.54) is 36.7 Å². The van der Waals surface area contributed by atoms with Crippen LogP contribution in [0.4, 0.5) is 21.6 Å². The standard InChI is InChI=1S/C17H11Cl2FN4O/c18-10-1-6-14(13(19)7-10)24-16-8-15(21-9-22-16)17(25)23-12-4-2-11(20)3-5-12/h1-9H,(H,23,25)(H,21,22,24). The first-order valence-corrected chi connectivity index (χ1v) is 7.88. The number of hydrogen-bond acceptors (Lipinski definition) is 4. The predicted molar refractivity (Wildman–Crippen MR) is 96.1 cm³/mol. The van der Waals surface area contributed by atoms with Gasteiger partial charge in [-0.15, -0.1) is 0 Å². The van der Waals surface area contributed by atoms with Gasteiger partial charge in [-0.3, -0.25) is 4.79 Å². The molecule has 0 saturated heterocycles. The minimum absolute atomic E-state index is 0.145. The van der Waals surface area contributed by atoms with Crippen molar-refractivity contribution in [3.63, 3.8) is 0 Å². The van der Waals surface area contributed by atoms with Gasteiger partial charge in [0.05, 0.1) is 10.7 Å². The van der Waals surface area contributed by atoms with E-state index in [0.717, 1.165) is 0 Å². The van der Waals surface area contributed by atoms with Crippen LogP contribution in [0.25, 0.3) is 0 Å². The van der Waals surface area contributed by atoms with Gasteiger partial charge in [-0.2, -0.15) is 0 Å².